The molecule has 1 aromatic heterocycles. The average molecular weight is 354 g/mol. The summed E-state index contributed by atoms with van der Waals surface area (Å²) in [5.41, 5.74) is 2.24. The molecule has 0 spiro atoms. The van der Waals surface area contributed by atoms with E-state index >= 15 is 0 Å². The molecular formula is C19H18N2O3S. The third kappa shape index (κ3) is 3.92. The summed E-state index contributed by atoms with van der Waals surface area (Å²) < 4.78 is 27.4. The molecule has 0 aliphatic carbocycles. The Kier molecular flexibility index (Phi) is 4.92. The summed E-state index contributed by atoms with van der Waals surface area (Å²) in [6.45, 7) is 1.66. The van der Waals surface area contributed by atoms with Crippen LogP contribution < -0.4 is 4.72 Å². The van der Waals surface area contributed by atoms with Crippen molar-refractivity contribution in [3.63, 3.8) is 0 Å². The van der Waals surface area contributed by atoms with Crippen LogP contribution in [0.4, 0.5) is 0 Å². The Morgan fingerprint density at radius 1 is 1.08 bits per heavy atom. The van der Waals surface area contributed by atoms with E-state index in [0.717, 1.165) is 16.5 Å². The van der Waals surface area contributed by atoms with Crippen LogP contribution in [0.15, 0.2) is 65.7 Å². The van der Waals surface area contributed by atoms with E-state index in [4.69, 9.17) is 0 Å². The fourth-order valence-corrected chi connectivity index (χ4v) is 3.73. The first-order valence-corrected chi connectivity index (χ1v) is 9.39. The maximum Gasteiger partial charge on any atom is 0.240 e. The van der Waals surface area contributed by atoms with Crippen molar-refractivity contribution in [1.82, 2.24) is 9.71 Å². The van der Waals surface area contributed by atoms with Gasteiger partial charge in [-0.15, -0.1) is 0 Å². The quantitative estimate of drug-likeness (QED) is 0.691. The van der Waals surface area contributed by atoms with Gasteiger partial charge in [0.2, 0.25) is 10.0 Å². The summed E-state index contributed by atoms with van der Waals surface area (Å²) in [6, 6.07) is 15.7. The van der Waals surface area contributed by atoms with Crippen LogP contribution in [0.2, 0.25) is 0 Å². The molecule has 0 bridgehead atoms. The molecule has 3 rings (SSSR count). The molecule has 2 aromatic carbocycles. The number of pyridine rings is 1. The van der Waals surface area contributed by atoms with E-state index in [1.54, 1.807) is 18.3 Å². The standard InChI is InChI=1S/C19H18N2O3S/c1-14(22)17-7-3-9-18(13-17)25(23,24)21-12-10-16-6-2-5-15-8-4-11-20-19(15)16/h2-9,11,13,21H,10,12H2,1H3. The summed E-state index contributed by atoms with van der Waals surface area (Å²) in [4.78, 5) is 15.9. The van der Waals surface area contributed by atoms with E-state index < -0.39 is 10.0 Å². The Bertz CT molecular complexity index is 1020. The second-order valence-electron chi connectivity index (χ2n) is 5.72. The molecule has 3 aromatic rings. The van der Waals surface area contributed by atoms with Gasteiger partial charge < -0.3 is 0 Å². The lowest BCUT2D eigenvalue weighted by Crippen LogP contribution is -2.26. The second kappa shape index (κ2) is 7.13. The van der Waals surface area contributed by atoms with Crippen molar-refractivity contribution in [3.05, 3.63) is 71.9 Å². The van der Waals surface area contributed by atoms with Crippen molar-refractivity contribution in [2.24, 2.45) is 0 Å². The largest absolute Gasteiger partial charge is 0.295 e. The molecular weight excluding hydrogens is 336 g/mol. The molecule has 6 heteroatoms. The number of para-hydroxylation sites is 1. The summed E-state index contributed by atoms with van der Waals surface area (Å²) in [5, 5.41) is 1.03. The molecule has 0 aliphatic rings. The predicted octanol–water partition coefficient (Wildman–Crippen LogP) is 2.96. The molecule has 0 fully saturated rings. The zero-order valence-corrected chi connectivity index (χ0v) is 14.6. The number of carbonyl (C=O) groups excluding carboxylic acids is 1. The molecule has 25 heavy (non-hydrogen) atoms. The molecule has 0 atom stereocenters. The number of aromatic nitrogens is 1. The summed E-state index contributed by atoms with van der Waals surface area (Å²) in [6.07, 6.45) is 2.25. The number of benzene rings is 2. The zero-order chi connectivity index (χ0) is 17.9. The van der Waals surface area contributed by atoms with Gasteiger partial charge in [0.15, 0.2) is 5.78 Å². The van der Waals surface area contributed by atoms with Crippen LogP contribution in [0.1, 0.15) is 22.8 Å². The van der Waals surface area contributed by atoms with Gasteiger partial charge in [-0.05, 0) is 37.1 Å². The Morgan fingerprint density at radius 3 is 2.64 bits per heavy atom. The Balaban J connectivity index is 1.74. The van der Waals surface area contributed by atoms with Crippen LogP contribution in [0, 0.1) is 0 Å². The first-order chi connectivity index (χ1) is 12.0. The summed E-state index contributed by atoms with van der Waals surface area (Å²) in [5.74, 6) is -0.168. The van der Waals surface area contributed by atoms with E-state index in [-0.39, 0.29) is 17.2 Å². The van der Waals surface area contributed by atoms with Crippen molar-refractivity contribution >= 4 is 26.7 Å². The van der Waals surface area contributed by atoms with Crippen LogP contribution in [-0.4, -0.2) is 25.7 Å². The van der Waals surface area contributed by atoms with Crippen molar-refractivity contribution in [3.8, 4) is 0 Å². The van der Waals surface area contributed by atoms with Crippen LogP contribution in [0.5, 0.6) is 0 Å². The van der Waals surface area contributed by atoms with E-state index in [0.29, 0.717) is 12.0 Å². The van der Waals surface area contributed by atoms with Crippen molar-refractivity contribution in [2.45, 2.75) is 18.2 Å². The molecule has 1 N–H and O–H groups in total. The Hall–Kier alpha value is -2.57. The monoisotopic (exact) mass is 354 g/mol. The van der Waals surface area contributed by atoms with Gasteiger partial charge in [-0.1, -0.05) is 36.4 Å². The van der Waals surface area contributed by atoms with Crippen LogP contribution in [0.25, 0.3) is 10.9 Å². The van der Waals surface area contributed by atoms with E-state index in [9.17, 15) is 13.2 Å². The first-order valence-electron chi connectivity index (χ1n) is 7.91. The minimum absolute atomic E-state index is 0.0937. The van der Waals surface area contributed by atoms with Crippen molar-refractivity contribution in [1.29, 1.82) is 0 Å². The van der Waals surface area contributed by atoms with Gasteiger partial charge in [-0.25, -0.2) is 13.1 Å². The van der Waals surface area contributed by atoms with E-state index in [2.05, 4.69) is 9.71 Å². The van der Waals surface area contributed by atoms with Crippen molar-refractivity contribution < 1.29 is 13.2 Å². The fraction of sp³-hybridized carbons (Fsp3) is 0.158. The van der Waals surface area contributed by atoms with Crippen LogP contribution >= 0.6 is 0 Å². The highest BCUT2D eigenvalue weighted by Crippen LogP contribution is 2.17. The highest BCUT2D eigenvalue weighted by atomic mass is 32.2. The third-order valence-electron chi connectivity index (χ3n) is 3.95. The smallest absolute Gasteiger partial charge is 0.240 e. The SMILES string of the molecule is CC(=O)c1cccc(S(=O)(=O)NCCc2cccc3cccnc23)c1. The number of nitrogens with one attached hydrogen (secondary N) is 1. The predicted molar refractivity (Wildman–Crippen MR) is 97.1 cm³/mol. The lowest BCUT2D eigenvalue weighted by molar-refractivity contribution is 0.101. The number of carbonyl (C=O) groups is 1. The number of ketones is 1. The Morgan fingerprint density at radius 2 is 1.84 bits per heavy atom. The molecule has 0 aliphatic heterocycles. The maximum absolute atomic E-state index is 12.4. The molecule has 5 nitrogen and oxygen atoms in total. The number of sulfonamides is 1. The van der Waals surface area contributed by atoms with Crippen molar-refractivity contribution in [2.75, 3.05) is 6.54 Å². The molecule has 0 unspecified atom stereocenters. The number of hydrogen-bond donors (Lipinski definition) is 1. The first kappa shape index (κ1) is 17.3. The lowest BCUT2D eigenvalue weighted by atomic mass is 10.1. The van der Waals surface area contributed by atoms with E-state index in [1.807, 2.05) is 30.3 Å². The number of fused-ring (bicyclic) bond motifs is 1. The molecule has 1 heterocycles. The zero-order valence-electron chi connectivity index (χ0n) is 13.8. The average Bonchev–Trinajstić information content (AvgIpc) is 2.62. The van der Waals surface area contributed by atoms with Crippen LogP contribution in [-0.2, 0) is 16.4 Å². The Labute approximate surface area is 146 Å². The van der Waals surface area contributed by atoms with E-state index in [1.165, 1.54) is 19.1 Å². The molecule has 0 radical (unpaired) electrons. The minimum atomic E-state index is -3.66. The van der Waals surface area contributed by atoms with Gasteiger partial charge in [0.1, 0.15) is 0 Å². The molecule has 128 valence electrons. The molecule has 0 saturated carbocycles. The topological polar surface area (TPSA) is 76.1 Å². The number of hydrogen-bond acceptors (Lipinski definition) is 4. The number of Topliss-reactive ketones (excluding diaryl/α,β-unsaturated/α-hetero) is 1. The maximum atomic E-state index is 12.4. The van der Waals surface area contributed by atoms with Gasteiger partial charge >= 0.3 is 0 Å². The van der Waals surface area contributed by atoms with Gasteiger partial charge in [-0.3, -0.25) is 9.78 Å². The lowest BCUT2D eigenvalue weighted by Gasteiger charge is -2.09. The van der Waals surface area contributed by atoms with Gasteiger partial charge in [0.05, 0.1) is 10.4 Å². The minimum Gasteiger partial charge on any atom is -0.295 e. The fourth-order valence-electron chi connectivity index (χ4n) is 2.65. The normalized spacial score (nSPS) is 11.6. The molecule has 0 amide bonds. The third-order valence-corrected chi connectivity index (χ3v) is 5.41. The van der Waals surface area contributed by atoms with Gasteiger partial charge in [-0.2, -0.15) is 0 Å². The number of rotatable bonds is 6. The van der Waals surface area contributed by atoms with Gasteiger partial charge in [0.25, 0.3) is 0 Å². The second-order valence-corrected chi connectivity index (χ2v) is 7.49. The highest BCUT2D eigenvalue weighted by Gasteiger charge is 2.15. The summed E-state index contributed by atoms with van der Waals surface area (Å²) >= 11 is 0. The van der Waals surface area contributed by atoms with Gasteiger partial charge in [0, 0.05) is 23.7 Å². The highest BCUT2D eigenvalue weighted by molar-refractivity contribution is 7.89. The number of nitrogens with zero attached hydrogens (tertiary/aromatic N) is 1. The molecule has 0 saturated heterocycles. The summed E-state index contributed by atoms with van der Waals surface area (Å²) in [7, 11) is -3.66. The van der Waals surface area contributed by atoms with Crippen LogP contribution in [0.3, 0.4) is 0 Å².